The summed E-state index contributed by atoms with van der Waals surface area (Å²) >= 11 is 6.38. The number of carbonyl (C=O) groups is 1. The van der Waals surface area contributed by atoms with Gasteiger partial charge < -0.3 is 14.3 Å². The molecular formula is C25H27ClFN3O7S. The molecule has 3 atom stereocenters. The van der Waals surface area contributed by atoms with Crippen molar-refractivity contribution in [1.82, 2.24) is 14.9 Å². The Kier molecular flexibility index (Phi) is 6.38. The fraction of sp³-hybridized carbons (Fsp3) is 0.400. The second-order valence-corrected chi connectivity index (χ2v) is 11.3. The van der Waals surface area contributed by atoms with E-state index in [2.05, 4.69) is 14.9 Å². The summed E-state index contributed by atoms with van der Waals surface area (Å²) in [5, 5.41) is 15.2. The molecule has 2 heterocycles. The summed E-state index contributed by atoms with van der Waals surface area (Å²) in [4.78, 5) is 23.0. The van der Waals surface area contributed by atoms with Gasteiger partial charge in [-0.05, 0) is 55.2 Å². The predicted octanol–water partition coefficient (Wildman–Crippen LogP) is 4.11. The first kappa shape index (κ1) is 23.9. The number of carboxylic acids is 1. The van der Waals surface area contributed by atoms with Crippen molar-refractivity contribution in [2.45, 2.75) is 62.7 Å². The van der Waals surface area contributed by atoms with Crippen LogP contribution in [0.4, 0.5) is 4.39 Å². The summed E-state index contributed by atoms with van der Waals surface area (Å²) in [5.74, 6) is -4.77. The molecule has 4 rings (SSSR count). The molecule has 10 nitrogen and oxygen atoms in total. The number of benzene rings is 2. The Bertz CT molecular complexity index is 1680. The third kappa shape index (κ3) is 5.07. The van der Waals surface area contributed by atoms with E-state index in [-0.39, 0.29) is 35.1 Å². The van der Waals surface area contributed by atoms with Gasteiger partial charge in [-0.15, -0.1) is 5.10 Å². The number of aromatic nitrogens is 2. The van der Waals surface area contributed by atoms with Crippen molar-refractivity contribution in [2.24, 2.45) is 0 Å². The van der Waals surface area contributed by atoms with Gasteiger partial charge in [0.25, 0.3) is 0 Å². The molecule has 0 bridgehead atoms. The molecule has 1 aliphatic heterocycles. The van der Waals surface area contributed by atoms with Crippen molar-refractivity contribution >= 4 is 27.6 Å². The van der Waals surface area contributed by atoms with Crippen LogP contribution in [0.1, 0.15) is 70.8 Å². The number of nitrogens with one attached hydrogen (secondary N) is 2. The van der Waals surface area contributed by atoms with Gasteiger partial charge in [-0.3, -0.25) is 4.79 Å². The molecule has 1 aliphatic rings. The molecule has 204 valence electrons. The van der Waals surface area contributed by atoms with Crippen molar-refractivity contribution < 1.29 is 36.0 Å². The quantitative estimate of drug-likeness (QED) is 0.366. The first-order valence-electron chi connectivity index (χ1n) is 13.0. The van der Waals surface area contributed by atoms with E-state index in [1.54, 1.807) is 19.9 Å². The number of halogens is 2. The number of H-pyrrole nitrogens is 1. The highest BCUT2D eigenvalue weighted by molar-refractivity contribution is 7.89. The Hall–Kier alpha value is -3.22. The molecular weight excluding hydrogens is 541 g/mol. The number of nitrogens with zero attached hydrogens (tertiary/aromatic N) is 1. The van der Waals surface area contributed by atoms with Gasteiger partial charge in [0.05, 0.1) is 13.0 Å². The molecule has 2 aromatic carbocycles. The van der Waals surface area contributed by atoms with E-state index in [0.717, 1.165) is 17.7 Å². The van der Waals surface area contributed by atoms with Crippen LogP contribution in [0.5, 0.6) is 5.75 Å². The zero-order valence-corrected chi connectivity index (χ0v) is 22.2. The van der Waals surface area contributed by atoms with Crippen LogP contribution in [0, 0.1) is 19.7 Å². The van der Waals surface area contributed by atoms with Crippen molar-refractivity contribution in [2.75, 3.05) is 6.61 Å². The molecule has 0 spiro atoms. The summed E-state index contributed by atoms with van der Waals surface area (Å²) in [5.41, 5.74) is -0.882. The minimum absolute atomic E-state index is 0.153. The average molecular weight is 571 g/mol. The lowest BCUT2D eigenvalue weighted by Gasteiger charge is -2.36. The molecule has 3 N–H and O–H groups in total. The molecule has 0 amide bonds. The average Bonchev–Trinajstić information content (AvgIpc) is 3.30. The Morgan fingerprint density at radius 1 is 1.37 bits per heavy atom. The molecule has 13 heteroatoms. The maximum absolute atomic E-state index is 15.1. The lowest BCUT2D eigenvalue weighted by atomic mass is 9.75. The van der Waals surface area contributed by atoms with E-state index in [1.165, 1.54) is 13.0 Å². The van der Waals surface area contributed by atoms with E-state index >= 15 is 4.39 Å². The monoisotopic (exact) mass is 570 g/mol. The van der Waals surface area contributed by atoms with Crippen molar-refractivity contribution in [3.63, 3.8) is 0 Å². The summed E-state index contributed by atoms with van der Waals surface area (Å²) in [6.07, 6.45) is -1.12. The topological polar surface area (TPSA) is 152 Å². The van der Waals surface area contributed by atoms with Crippen LogP contribution in [0.2, 0.25) is 5.02 Å². The van der Waals surface area contributed by atoms with Gasteiger partial charge in [0, 0.05) is 26.0 Å². The smallest absolute Gasteiger partial charge is 0.434 e. The molecule has 0 saturated carbocycles. The van der Waals surface area contributed by atoms with Crippen LogP contribution in [-0.4, -0.2) is 36.3 Å². The van der Waals surface area contributed by atoms with Gasteiger partial charge in [0.1, 0.15) is 22.5 Å². The Labute approximate surface area is 227 Å². The lowest BCUT2D eigenvalue weighted by molar-refractivity contribution is -0.138. The highest BCUT2D eigenvalue weighted by atomic mass is 35.5. The van der Waals surface area contributed by atoms with E-state index in [1.807, 2.05) is 0 Å². The van der Waals surface area contributed by atoms with E-state index in [9.17, 15) is 23.1 Å². The van der Waals surface area contributed by atoms with Crippen LogP contribution >= 0.6 is 11.6 Å². The number of sulfonamides is 1. The molecule has 3 aromatic rings. The summed E-state index contributed by atoms with van der Waals surface area (Å²) in [7, 11) is -4.67. The SMILES string of the molecule is [2H]C([2H])([2H])C1(CC(=O)O)CCOc2c(S(=O)(=O)N[C@H](c3n[nH]c(=O)o3)[C@H](C)c3c(F)ccc(C)c3C)ccc(Cl)c21. The van der Waals surface area contributed by atoms with Crippen LogP contribution in [0.25, 0.3) is 0 Å². The molecule has 38 heavy (non-hydrogen) atoms. The minimum Gasteiger partial charge on any atom is -0.492 e. The highest BCUT2D eigenvalue weighted by Gasteiger charge is 2.41. The molecule has 0 saturated heterocycles. The van der Waals surface area contributed by atoms with Crippen LogP contribution in [0.3, 0.4) is 0 Å². The number of ether oxygens (including phenoxy) is 1. The maximum atomic E-state index is 15.1. The van der Waals surface area contributed by atoms with Crippen LogP contribution < -0.4 is 15.2 Å². The fourth-order valence-electron chi connectivity index (χ4n) is 4.73. The van der Waals surface area contributed by atoms with Gasteiger partial charge in [-0.2, -0.15) is 4.72 Å². The van der Waals surface area contributed by atoms with Gasteiger partial charge in [-0.1, -0.05) is 31.4 Å². The standard InChI is InChI=1S/C25H27ClFN3O7S/c1-12-5-7-16(27)19(13(12)2)14(3)21(23-28-29-24(33)37-23)30-38(34,35)17-8-6-15(26)20-22(17)36-10-9-25(20,4)11-18(31)32/h5-8,14,21,30H,9-11H2,1-4H3,(H,29,33)(H,31,32)/t14-,21+,25?/m1/s1/i4D3. The second-order valence-electron chi connectivity index (χ2n) is 9.24. The van der Waals surface area contributed by atoms with Gasteiger partial charge in [0.2, 0.25) is 15.9 Å². The Morgan fingerprint density at radius 3 is 2.74 bits per heavy atom. The van der Waals surface area contributed by atoms with Crippen molar-refractivity contribution in [3.8, 4) is 5.75 Å². The van der Waals surface area contributed by atoms with Crippen LogP contribution in [0.15, 0.2) is 38.4 Å². The zero-order valence-electron chi connectivity index (χ0n) is 23.6. The summed E-state index contributed by atoms with van der Waals surface area (Å²) in [6, 6.07) is 3.61. The molecule has 1 aromatic heterocycles. The number of hydrogen-bond acceptors (Lipinski definition) is 7. The Balaban J connectivity index is 1.89. The number of aryl methyl sites for hydroxylation is 1. The number of hydrogen-bond donors (Lipinski definition) is 3. The molecule has 1 unspecified atom stereocenters. The van der Waals surface area contributed by atoms with Crippen molar-refractivity contribution in [3.05, 3.63) is 73.8 Å². The normalized spacial score (nSPS) is 20.4. The summed E-state index contributed by atoms with van der Waals surface area (Å²) < 4.78 is 80.5. The van der Waals surface area contributed by atoms with Gasteiger partial charge in [-0.25, -0.2) is 22.7 Å². The number of aromatic amines is 1. The zero-order chi connectivity index (χ0) is 30.5. The van der Waals surface area contributed by atoms with E-state index in [0.29, 0.717) is 5.56 Å². The number of aliphatic carboxylic acids is 1. The number of rotatable bonds is 8. The van der Waals surface area contributed by atoms with Gasteiger partial charge in [0.15, 0.2) is 0 Å². The largest absolute Gasteiger partial charge is 0.492 e. The predicted molar refractivity (Wildman–Crippen MR) is 136 cm³/mol. The third-order valence-corrected chi connectivity index (χ3v) is 8.54. The number of fused-ring (bicyclic) bond motifs is 1. The molecule has 0 aliphatic carbocycles. The van der Waals surface area contributed by atoms with Crippen molar-refractivity contribution in [1.29, 1.82) is 0 Å². The first-order valence-corrected chi connectivity index (χ1v) is 13.4. The Morgan fingerprint density at radius 2 is 2.11 bits per heavy atom. The highest BCUT2D eigenvalue weighted by Crippen LogP contribution is 2.48. The maximum Gasteiger partial charge on any atom is 0.434 e. The summed E-state index contributed by atoms with van der Waals surface area (Å²) in [6.45, 7) is 1.75. The van der Waals surface area contributed by atoms with E-state index in [4.69, 9.17) is 24.9 Å². The first-order chi connectivity index (χ1) is 19.0. The third-order valence-electron chi connectivity index (χ3n) is 6.76. The fourth-order valence-corrected chi connectivity index (χ4v) is 6.48. The van der Waals surface area contributed by atoms with Gasteiger partial charge >= 0.3 is 11.7 Å². The molecule has 0 fully saturated rings. The second kappa shape index (κ2) is 10.2. The number of carboxylic acid groups (broad SMARTS) is 1. The van der Waals surface area contributed by atoms with Crippen LogP contribution in [-0.2, 0) is 20.2 Å². The lowest BCUT2D eigenvalue weighted by Crippen LogP contribution is -2.36. The molecule has 0 radical (unpaired) electrons. The minimum atomic E-state index is -4.67. The van der Waals surface area contributed by atoms with E-state index < -0.39 is 68.9 Å².